The molecule has 26 heavy (non-hydrogen) atoms. The Morgan fingerprint density at radius 2 is 1.96 bits per heavy atom. The van der Waals surface area contributed by atoms with Crippen molar-refractivity contribution in [1.82, 2.24) is 0 Å². The molecule has 0 fully saturated rings. The van der Waals surface area contributed by atoms with Gasteiger partial charge in [-0.3, -0.25) is 10.1 Å². The highest BCUT2D eigenvalue weighted by Crippen LogP contribution is 2.54. The normalized spacial score (nSPS) is 23.0. The maximum atomic E-state index is 11.5. The number of nitrogens with one attached hydrogen (secondary N) is 1. The molecule has 1 unspecified atom stereocenters. The molecule has 6 nitrogen and oxygen atoms in total. The van der Waals surface area contributed by atoms with Crippen LogP contribution in [0.1, 0.15) is 39.9 Å². The van der Waals surface area contributed by atoms with Crippen LogP contribution in [0.3, 0.4) is 0 Å². The van der Waals surface area contributed by atoms with Crippen molar-refractivity contribution in [1.29, 1.82) is 0 Å². The van der Waals surface area contributed by atoms with Gasteiger partial charge in [0.25, 0.3) is 5.69 Å². The fourth-order valence-corrected chi connectivity index (χ4v) is 4.20. The Labute approximate surface area is 154 Å². The molecule has 0 bridgehead atoms. The Bertz CT molecular complexity index is 939. The minimum atomic E-state index is -0.974. The topological polar surface area (TPSA) is 92.5 Å². The molecule has 1 aliphatic carbocycles. The summed E-state index contributed by atoms with van der Waals surface area (Å²) in [5.41, 5.74) is 2.43. The molecule has 2 aliphatic rings. The summed E-state index contributed by atoms with van der Waals surface area (Å²) >= 11 is 6.34. The Morgan fingerprint density at radius 3 is 2.62 bits per heavy atom. The second-order valence-corrected chi connectivity index (χ2v) is 6.92. The largest absolute Gasteiger partial charge is 0.478 e. The molecule has 0 amide bonds. The maximum Gasteiger partial charge on any atom is 0.335 e. The first-order valence-corrected chi connectivity index (χ1v) is 8.58. The number of carboxylic acids is 1. The second kappa shape index (κ2) is 6.14. The van der Waals surface area contributed by atoms with E-state index in [1.165, 1.54) is 12.1 Å². The Hall–Kier alpha value is -2.86. The lowest BCUT2D eigenvalue weighted by molar-refractivity contribution is -0.385. The second-order valence-electron chi connectivity index (χ2n) is 6.51. The number of nitro benzene ring substituents is 1. The van der Waals surface area contributed by atoms with Gasteiger partial charge < -0.3 is 10.4 Å². The first kappa shape index (κ1) is 16.6. The number of hydrogen-bond donors (Lipinski definition) is 2. The molecule has 2 N–H and O–H groups in total. The van der Waals surface area contributed by atoms with Crippen molar-refractivity contribution in [3.63, 3.8) is 0 Å². The number of benzene rings is 2. The fourth-order valence-electron chi connectivity index (χ4n) is 3.98. The van der Waals surface area contributed by atoms with Crippen LogP contribution in [0, 0.1) is 16.0 Å². The Kier molecular flexibility index (Phi) is 3.92. The molecule has 1 aliphatic heterocycles. The van der Waals surface area contributed by atoms with Crippen LogP contribution >= 0.6 is 11.6 Å². The van der Waals surface area contributed by atoms with Gasteiger partial charge in [0.15, 0.2) is 0 Å². The zero-order valence-electron chi connectivity index (χ0n) is 13.6. The zero-order valence-corrected chi connectivity index (χ0v) is 14.3. The summed E-state index contributed by atoms with van der Waals surface area (Å²) < 4.78 is 0. The summed E-state index contributed by atoms with van der Waals surface area (Å²) in [4.78, 5) is 22.2. The average Bonchev–Trinajstić information content (AvgIpc) is 3.11. The number of nitrogens with zero attached hydrogens (tertiary/aromatic N) is 1. The van der Waals surface area contributed by atoms with Crippen LogP contribution in [0.15, 0.2) is 48.6 Å². The lowest BCUT2D eigenvalue weighted by Gasteiger charge is -2.37. The summed E-state index contributed by atoms with van der Waals surface area (Å²) in [6.07, 6.45) is 4.83. The highest BCUT2D eigenvalue weighted by atomic mass is 35.5. The van der Waals surface area contributed by atoms with Crippen LogP contribution in [0.4, 0.5) is 11.4 Å². The SMILES string of the molecule is O=C(O)c1ccc(C2Nc3c(Cl)ccc([N+](=O)[O-])c3[C@H]3C=CC[C@@H]23)cc1. The van der Waals surface area contributed by atoms with Crippen molar-refractivity contribution in [3.05, 3.63) is 80.4 Å². The molecular weight excluding hydrogens is 356 g/mol. The van der Waals surface area contributed by atoms with E-state index in [0.717, 1.165) is 12.0 Å². The van der Waals surface area contributed by atoms with Crippen molar-refractivity contribution in [2.24, 2.45) is 5.92 Å². The van der Waals surface area contributed by atoms with Gasteiger partial charge in [-0.05, 0) is 36.1 Å². The van der Waals surface area contributed by atoms with Gasteiger partial charge in [-0.25, -0.2) is 4.79 Å². The third kappa shape index (κ3) is 2.54. The summed E-state index contributed by atoms with van der Waals surface area (Å²) in [5, 5.41) is 24.4. The monoisotopic (exact) mass is 370 g/mol. The summed E-state index contributed by atoms with van der Waals surface area (Å²) in [5.74, 6) is -0.970. The van der Waals surface area contributed by atoms with Crippen LogP contribution in [0.2, 0.25) is 5.02 Å². The van der Waals surface area contributed by atoms with Gasteiger partial charge in [0.2, 0.25) is 0 Å². The number of anilines is 1. The molecule has 3 atom stereocenters. The van der Waals surface area contributed by atoms with E-state index < -0.39 is 5.97 Å². The summed E-state index contributed by atoms with van der Waals surface area (Å²) in [6, 6.07) is 9.59. The lowest BCUT2D eigenvalue weighted by Crippen LogP contribution is -2.29. The molecular formula is C19H15ClN2O4. The Morgan fingerprint density at radius 1 is 1.23 bits per heavy atom. The number of aromatic carboxylic acids is 1. The minimum Gasteiger partial charge on any atom is -0.478 e. The average molecular weight is 371 g/mol. The van der Waals surface area contributed by atoms with Crippen LogP contribution in [-0.4, -0.2) is 16.0 Å². The van der Waals surface area contributed by atoms with Gasteiger partial charge in [0.05, 0.1) is 32.8 Å². The van der Waals surface area contributed by atoms with E-state index in [0.29, 0.717) is 16.3 Å². The van der Waals surface area contributed by atoms with E-state index in [1.807, 2.05) is 12.2 Å². The molecule has 0 aromatic heterocycles. The number of carbonyl (C=O) groups is 1. The van der Waals surface area contributed by atoms with E-state index >= 15 is 0 Å². The number of rotatable bonds is 3. The third-order valence-electron chi connectivity index (χ3n) is 5.16. The maximum absolute atomic E-state index is 11.5. The van der Waals surface area contributed by atoms with E-state index in [9.17, 15) is 14.9 Å². The molecule has 2 aromatic carbocycles. The molecule has 2 aromatic rings. The van der Waals surface area contributed by atoms with E-state index in [4.69, 9.17) is 16.7 Å². The highest BCUT2D eigenvalue weighted by molar-refractivity contribution is 6.33. The molecule has 0 radical (unpaired) electrons. The van der Waals surface area contributed by atoms with Gasteiger partial charge in [-0.1, -0.05) is 35.9 Å². The van der Waals surface area contributed by atoms with Crippen molar-refractivity contribution >= 4 is 28.9 Å². The van der Waals surface area contributed by atoms with Crippen LogP contribution in [0.25, 0.3) is 0 Å². The first-order valence-electron chi connectivity index (χ1n) is 8.20. The standard InChI is InChI=1S/C19H15ClN2O4/c20-14-8-9-15(22(25)26)16-12-2-1-3-13(12)17(21-18(14)16)10-4-6-11(7-5-10)19(23)24/h1-2,4-9,12-13,17,21H,3H2,(H,23,24)/t12-,13+,17?/m0/s1. The third-order valence-corrected chi connectivity index (χ3v) is 5.47. The molecule has 0 saturated carbocycles. The van der Waals surface area contributed by atoms with E-state index in [-0.39, 0.29) is 34.1 Å². The first-order chi connectivity index (χ1) is 12.5. The number of carboxylic acid groups (broad SMARTS) is 1. The quantitative estimate of drug-likeness (QED) is 0.461. The zero-order chi connectivity index (χ0) is 18.4. The number of nitro groups is 1. The molecule has 0 saturated heterocycles. The molecule has 0 spiro atoms. The lowest BCUT2D eigenvalue weighted by atomic mass is 9.76. The molecule has 132 valence electrons. The number of halogens is 1. The van der Waals surface area contributed by atoms with E-state index in [2.05, 4.69) is 5.32 Å². The van der Waals surface area contributed by atoms with Crippen LogP contribution in [0.5, 0.6) is 0 Å². The molecule has 7 heteroatoms. The number of hydrogen-bond acceptors (Lipinski definition) is 4. The van der Waals surface area contributed by atoms with E-state index in [1.54, 1.807) is 24.3 Å². The Balaban J connectivity index is 1.81. The number of allylic oxidation sites excluding steroid dienone is 2. The van der Waals surface area contributed by atoms with Gasteiger partial charge in [0, 0.05) is 12.0 Å². The predicted octanol–water partition coefficient (Wildman–Crippen LogP) is 4.77. The van der Waals surface area contributed by atoms with Gasteiger partial charge in [-0.2, -0.15) is 0 Å². The fraction of sp³-hybridized carbons (Fsp3) is 0.211. The summed E-state index contributed by atoms with van der Waals surface area (Å²) in [7, 11) is 0. The smallest absolute Gasteiger partial charge is 0.335 e. The highest BCUT2D eigenvalue weighted by Gasteiger charge is 2.42. The van der Waals surface area contributed by atoms with Gasteiger partial charge in [-0.15, -0.1) is 0 Å². The molecule has 1 heterocycles. The van der Waals surface area contributed by atoms with Gasteiger partial charge in [0.1, 0.15) is 0 Å². The van der Waals surface area contributed by atoms with Crippen molar-refractivity contribution in [2.45, 2.75) is 18.4 Å². The van der Waals surface area contributed by atoms with Crippen LogP contribution < -0.4 is 5.32 Å². The van der Waals surface area contributed by atoms with Crippen molar-refractivity contribution < 1.29 is 14.8 Å². The molecule has 4 rings (SSSR count). The minimum absolute atomic E-state index is 0.0677. The predicted molar refractivity (Wildman–Crippen MR) is 97.9 cm³/mol. The van der Waals surface area contributed by atoms with Gasteiger partial charge >= 0.3 is 5.97 Å². The van der Waals surface area contributed by atoms with Crippen molar-refractivity contribution in [3.8, 4) is 0 Å². The van der Waals surface area contributed by atoms with Crippen LogP contribution in [-0.2, 0) is 0 Å². The van der Waals surface area contributed by atoms with Crippen molar-refractivity contribution in [2.75, 3.05) is 5.32 Å². The summed E-state index contributed by atoms with van der Waals surface area (Å²) in [6.45, 7) is 0. The number of fused-ring (bicyclic) bond motifs is 3.